The van der Waals surface area contributed by atoms with Crippen LogP contribution in [0.15, 0.2) is 42.5 Å². The predicted octanol–water partition coefficient (Wildman–Crippen LogP) is 3.38. The summed E-state index contributed by atoms with van der Waals surface area (Å²) in [6.45, 7) is 6.42. The Hall–Kier alpha value is -2.66. The average Bonchev–Trinajstić information content (AvgIpc) is 3.16. The fourth-order valence-electron chi connectivity index (χ4n) is 4.69. The van der Waals surface area contributed by atoms with E-state index >= 15 is 0 Å². The lowest BCUT2D eigenvalue weighted by Gasteiger charge is -2.39. The van der Waals surface area contributed by atoms with Gasteiger partial charge in [0.2, 0.25) is 5.91 Å². The molecule has 1 saturated heterocycles. The van der Waals surface area contributed by atoms with Gasteiger partial charge in [-0.05, 0) is 61.1 Å². The summed E-state index contributed by atoms with van der Waals surface area (Å²) in [6, 6.07) is 14.1. The van der Waals surface area contributed by atoms with Crippen LogP contribution in [0.4, 0.5) is 5.69 Å². The van der Waals surface area contributed by atoms with Crippen molar-refractivity contribution in [2.45, 2.75) is 38.5 Å². The van der Waals surface area contributed by atoms with E-state index in [2.05, 4.69) is 36.5 Å². The number of nitrogens with zero attached hydrogens (tertiary/aromatic N) is 1. The molecule has 0 spiro atoms. The van der Waals surface area contributed by atoms with E-state index in [0.29, 0.717) is 31.9 Å². The molecule has 0 atom stereocenters. The zero-order chi connectivity index (χ0) is 20.4. The number of hydrogen-bond donors (Lipinski definition) is 1. The number of carbonyl (C=O) groups is 2. The topological polar surface area (TPSA) is 58.6 Å². The maximum atomic E-state index is 12.9. The summed E-state index contributed by atoms with van der Waals surface area (Å²) in [5, 5.41) is 3.19. The maximum Gasteiger partial charge on any atom is 0.251 e. The lowest BCUT2D eigenvalue weighted by molar-refractivity contribution is -0.116. The molecule has 0 bridgehead atoms. The van der Waals surface area contributed by atoms with E-state index in [9.17, 15) is 9.59 Å². The molecule has 2 aromatic carbocycles. The summed E-state index contributed by atoms with van der Waals surface area (Å²) in [5.41, 5.74) is 5.10. The van der Waals surface area contributed by atoms with Crippen LogP contribution >= 0.6 is 0 Å². The molecular formula is C24H28N2O3. The van der Waals surface area contributed by atoms with Gasteiger partial charge in [0.15, 0.2) is 0 Å². The minimum atomic E-state index is -0.0958. The van der Waals surface area contributed by atoms with E-state index in [0.717, 1.165) is 30.5 Å². The third-order valence-corrected chi connectivity index (χ3v) is 6.37. The molecule has 29 heavy (non-hydrogen) atoms. The van der Waals surface area contributed by atoms with E-state index in [1.54, 1.807) is 11.8 Å². The quantitative estimate of drug-likeness (QED) is 0.868. The molecular weight excluding hydrogens is 364 g/mol. The van der Waals surface area contributed by atoms with Crippen molar-refractivity contribution in [2.24, 2.45) is 0 Å². The van der Waals surface area contributed by atoms with Gasteiger partial charge in [-0.3, -0.25) is 9.59 Å². The summed E-state index contributed by atoms with van der Waals surface area (Å²) >= 11 is 0. The van der Waals surface area contributed by atoms with Gasteiger partial charge in [0, 0.05) is 49.9 Å². The van der Waals surface area contributed by atoms with Crippen molar-refractivity contribution in [3.8, 4) is 0 Å². The number of hydrogen-bond acceptors (Lipinski definition) is 3. The van der Waals surface area contributed by atoms with Crippen LogP contribution in [0.3, 0.4) is 0 Å². The lowest BCUT2D eigenvalue weighted by Crippen LogP contribution is -2.45. The number of rotatable bonds is 4. The van der Waals surface area contributed by atoms with Crippen molar-refractivity contribution in [1.82, 2.24) is 5.32 Å². The van der Waals surface area contributed by atoms with E-state index in [1.165, 1.54) is 11.1 Å². The van der Waals surface area contributed by atoms with Gasteiger partial charge in [-0.15, -0.1) is 0 Å². The molecule has 0 unspecified atom stereocenters. The van der Waals surface area contributed by atoms with Crippen LogP contribution in [-0.4, -0.2) is 38.1 Å². The number of carbonyl (C=O) groups excluding carboxylic acids is 2. The molecule has 2 heterocycles. The third kappa shape index (κ3) is 3.79. The number of ether oxygens (including phenoxy) is 1. The van der Waals surface area contributed by atoms with Crippen LogP contribution in [0.25, 0.3) is 0 Å². The monoisotopic (exact) mass is 392 g/mol. The van der Waals surface area contributed by atoms with Crippen molar-refractivity contribution in [3.05, 3.63) is 64.7 Å². The average molecular weight is 392 g/mol. The Balaban J connectivity index is 1.52. The molecule has 0 saturated carbocycles. The van der Waals surface area contributed by atoms with E-state index < -0.39 is 0 Å². The maximum absolute atomic E-state index is 12.9. The molecule has 0 radical (unpaired) electrons. The second kappa shape index (κ2) is 7.99. The van der Waals surface area contributed by atoms with Gasteiger partial charge in [-0.25, -0.2) is 0 Å². The van der Waals surface area contributed by atoms with Crippen LogP contribution in [0.5, 0.6) is 0 Å². The number of amides is 2. The minimum absolute atomic E-state index is 0.0423. The standard InChI is InChI=1S/C24H28N2O3/c1-17-5-3-4-6-21(17)24(10-13-29-14-11-24)16-25-23(28)20-7-8-22-19(15-20)9-12-26(22)18(2)27/h3-8,15H,9-14,16H2,1-2H3,(H,25,28). The van der Waals surface area contributed by atoms with Crippen LogP contribution < -0.4 is 10.2 Å². The first kappa shape index (κ1) is 19.6. The Labute approximate surface area is 172 Å². The fraction of sp³-hybridized carbons (Fsp3) is 0.417. The summed E-state index contributed by atoms with van der Waals surface area (Å²) in [4.78, 5) is 26.4. The second-order valence-corrected chi connectivity index (χ2v) is 8.15. The second-order valence-electron chi connectivity index (χ2n) is 8.15. The summed E-state index contributed by atoms with van der Waals surface area (Å²) in [7, 11) is 0. The van der Waals surface area contributed by atoms with E-state index in [-0.39, 0.29) is 17.2 Å². The number of nitrogens with one attached hydrogen (secondary N) is 1. The zero-order valence-electron chi connectivity index (χ0n) is 17.2. The molecule has 2 aromatic rings. The van der Waals surface area contributed by atoms with Crippen LogP contribution in [0.1, 0.15) is 46.8 Å². The SMILES string of the molecule is CC(=O)N1CCc2cc(C(=O)NCC3(c4ccccc4C)CCOCC3)ccc21. The van der Waals surface area contributed by atoms with Crippen molar-refractivity contribution in [2.75, 3.05) is 31.2 Å². The molecule has 4 rings (SSSR count). The molecule has 2 aliphatic rings. The lowest BCUT2D eigenvalue weighted by atomic mass is 9.72. The first-order valence-electron chi connectivity index (χ1n) is 10.3. The highest BCUT2D eigenvalue weighted by Crippen LogP contribution is 2.36. The van der Waals surface area contributed by atoms with Crippen LogP contribution in [-0.2, 0) is 21.4 Å². The van der Waals surface area contributed by atoms with Crippen molar-refractivity contribution < 1.29 is 14.3 Å². The highest BCUT2D eigenvalue weighted by molar-refractivity contribution is 5.97. The smallest absolute Gasteiger partial charge is 0.251 e. The van der Waals surface area contributed by atoms with Gasteiger partial charge in [-0.1, -0.05) is 24.3 Å². The summed E-state index contributed by atoms with van der Waals surface area (Å²) in [5.74, 6) is -0.0193. The van der Waals surface area contributed by atoms with Gasteiger partial charge in [0.05, 0.1) is 0 Å². The molecule has 0 aliphatic carbocycles. The summed E-state index contributed by atoms with van der Waals surface area (Å²) in [6.07, 6.45) is 2.59. The molecule has 0 aromatic heterocycles. The molecule has 2 aliphatic heterocycles. The molecule has 5 nitrogen and oxygen atoms in total. The highest BCUT2D eigenvalue weighted by atomic mass is 16.5. The van der Waals surface area contributed by atoms with Crippen LogP contribution in [0, 0.1) is 6.92 Å². The normalized spacial score (nSPS) is 17.7. The van der Waals surface area contributed by atoms with E-state index in [1.807, 2.05) is 18.2 Å². The first-order chi connectivity index (χ1) is 14.0. The number of anilines is 1. The van der Waals surface area contributed by atoms with E-state index in [4.69, 9.17) is 4.74 Å². The number of fused-ring (bicyclic) bond motifs is 1. The molecule has 5 heteroatoms. The van der Waals surface area contributed by atoms with Gasteiger partial charge in [-0.2, -0.15) is 0 Å². The Kier molecular flexibility index (Phi) is 5.41. The van der Waals surface area contributed by atoms with Gasteiger partial charge < -0.3 is 15.0 Å². The van der Waals surface area contributed by atoms with Crippen LogP contribution in [0.2, 0.25) is 0 Å². The molecule has 2 amide bonds. The van der Waals surface area contributed by atoms with Gasteiger partial charge >= 0.3 is 0 Å². The summed E-state index contributed by atoms with van der Waals surface area (Å²) < 4.78 is 5.61. The fourth-order valence-corrected chi connectivity index (χ4v) is 4.69. The Morgan fingerprint density at radius 2 is 1.90 bits per heavy atom. The first-order valence-corrected chi connectivity index (χ1v) is 10.3. The van der Waals surface area contributed by atoms with Gasteiger partial charge in [0.1, 0.15) is 0 Å². The largest absolute Gasteiger partial charge is 0.381 e. The molecule has 152 valence electrons. The number of aryl methyl sites for hydroxylation is 1. The predicted molar refractivity (Wildman–Crippen MR) is 113 cm³/mol. The third-order valence-electron chi connectivity index (χ3n) is 6.37. The van der Waals surface area contributed by atoms with Crippen molar-refractivity contribution >= 4 is 17.5 Å². The van der Waals surface area contributed by atoms with Crippen molar-refractivity contribution in [3.63, 3.8) is 0 Å². The van der Waals surface area contributed by atoms with Crippen molar-refractivity contribution in [1.29, 1.82) is 0 Å². The van der Waals surface area contributed by atoms with Gasteiger partial charge in [0.25, 0.3) is 5.91 Å². The number of benzene rings is 2. The highest BCUT2D eigenvalue weighted by Gasteiger charge is 2.36. The molecule has 1 N–H and O–H groups in total. The Morgan fingerprint density at radius 1 is 1.14 bits per heavy atom. The zero-order valence-corrected chi connectivity index (χ0v) is 17.2. The Bertz CT molecular complexity index is 931. The Morgan fingerprint density at radius 3 is 2.62 bits per heavy atom. The molecule has 1 fully saturated rings. The minimum Gasteiger partial charge on any atom is -0.381 e.